The largest absolute Gasteiger partial charge is 0.332 e. The Morgan fingerprint density at radius 3 is 2.50 bits per heavy atom. The van der Waals surface area contributed by atoms with E-state index in [0.29, 0.717) is 5.11 Å². The molecule has 1 aliphatic rings. The number of benzene rings is 2. The Labute approximate surface area is 174 Å². The van der Waals surface area contributed by atoms with E-state index in [1.165, 1.54) is 20.9 Å². The molecule has 0 bridgehead atoms. The minimum Gasteiger partial charge on any atom is -0.332 e. The second-order valence-corrected chi connectivity index (χ2v) is 8.37. The van der Waals surface area contributed by atoms with Gasteiger partial charge in [0.15, 0.2) is 5.11 Å². The number of anilines is 2. The minimum atomic E-state index is 0.509. The first-order chi connectivity index (χ1) is 13.7. The molecule has 1 aliphatic heterocycles. The van der Waals surface area contributed by atoms with Gasteiger partial charge < -0.3 is 15.5 Å². The predicted octanol–water partition coefficient (Wildman–Crippen LogP) is 3.57. The molecule has 4 rings (SSSR count). The van der Waals surface area contributed by atoms with Crippen LogP contribution in [0.5, 0.6) is 0 Å². The van der Waals surface area contributed by atoms with Crippen molar-refractivity contribution in [3.8, 4) is 6.07 Å². The number of quaternary nitrogens is 1. The average Bonchev–Trinajstić information content (AvgIpc) is 3.05. The van der Waals surface area contributed by atoms with E-state index in [1.54, 1.807) is 11.3 Å². The smallest absolute Gasteiger partial charge is 0.175 e. The Morgan fingerprint density at radius 2 is 1.79 bits per heavy atom. The van der Waals surface area contributed by atoms with Gasteiger partial charge in [0.05, 0.1) is 17.0 Å². The van der Waals surface area contributed by atoms with Crippen molar-refractivity contribution >= 4 is 39.4 Å². The number of nitriles is 1. The fraction of sp³-hybridized carbons (Fsp3) is 0.182. The molecule has 0 saturated heterocycles. The SMILES string of the molecule is N#Cc1c(NC(=S)Nc2ccccc2)sc2c1CC[NH+](Cc1ccccc1)C2. The lowest BCUT2D eigenvalue weighted by Gasteiger charge is -2.23. The molecule has 1 atom stereocenters. The Balaban J connectivity index is 1.47. The molecular weight excluding hydrogens is 384 g/mol. The fourth-order valence-electron chi connectivity index (χ4n) is 3.57. The van der Waals surface area contributed by atoms with Crippen molar-refractivity contribution in [2.75, 3.05) is 17.2 Å². The van der Waals surface area contributed by atoms with Crippen LogP contribution < -0.4 is 15.5 Å². The zero-order valence-corrected chi connectivity index (χ0v) is 17.0. The lowest BCUT2D eigenvalue weighted by Crippen LogP contribution is -3.10. The zero-order chi connectivity index (χ0) is 19.3. The van der Waals surface area contributed by atoms with Crippen LogP contribution in [0, 0.1) is 11.3 Å². The Kier molecular flexibility index (Phi) is 5.68. The molecule has 4 nitrogen and oxygen atoms in total. The first-order valence-corrected chi connectivity index (χ1v) is 10.5. The van der Waals surface area contributed by atoms with Gasteiger partial charge in [-0.05, 0) is 29.9 Å². The maximum absolute atomic E-state index is 9.71. The topological polar surface area (TPSA) is 52.3 Å². The molecule has 0 radical (unpaired) electrons. The Hall–Kier alpha value is -2.72. The van der Waals surface area contributed by atoms with E-state index in [1.807, 2.05) is 30.3 Å². The molecular formula is C22H21N4S2+. The first kappa shape index (κ1) is 18.6. The number of nitrogens with one attached hydrogen (secondary N) is 3. The maximum Gasteiger partial charge on any atom is 0.175 e. The summed E-state index contributed by atoms with van der Waals surface area (Å²) in [5.41, 5.74) is 4.22. The number of para-hydroxylation sites is 1. The zero-order valence-electron chi connectivity index (χ0n) is 15.4. The Bertz CT molecular complexity index is 1010. The normalized spacial score (nSPS) is 15.3. The van der Waals surface area contributed by atoms with Gasteiger partial charge >= 0.3 is 0 Å². The number of fused-ring (bicyclic) bond motifs is 1. The van der Waals surface area contributed by atoms with Crippen molar-refractivity contribution < 1.29 is 4.90 Å². The van der Waals surface area contributed by atoms with E-state index in [-0.39, 0.29) is 0 Å². The van der Waals surface area contributed by atoms with Crippen molar-refractivity contribution in [2.45, 2.75) is 19.5 Å². The highest BCUT2D eigenvalue weighted by molar-refractivity contribution is 7.80. The van der Waals surface area contributed by atoms with Crippen molar-refractivity contribution in [2.24, 2.45) is 0 Å². The standard InChI is InChI=1S/C22H20N4S2/c23-13-19-18-11-12-26(14-16-7-3-1-4-8-16)15-20(18)28-21(19)25-22(27)24-17-9-5-2-6-10-17/h1-10H,11-12,14-15H2,(H2,24,25,27)/p+1. The Morgan fingerprint density at radius 1 is 1.07 bits per heavy atom. The number of hydrogen-bond acceptors (Lipinski definition) is 3. The molecule has 0 saturated carbocycles. The third kappa shape index (κ3) is 4.23. The number of thiocarbonyl (C=S) groups is 1. The van der Waals surface area contributed by atoms with E-state index in [0.717, 1.165) is 42.3 Å². The predicted molar refractivity (Wildman–Crippen MR) is 119 cm³/mol. The summed E-state index contributed by atoms with van der Waals surface area (Å²) in [7, 11) is 0. The molecule has 3 aromatic rings. The summed E-state index contributed by atoms with van der Waals surface area (Å²) >= 11 is 7.10. The summed E-state index contributed by atoms with van der Waals surface area (Å²) in [6, 6.07) is 22.8. The summed E-state index contributed by atoms with van der Waals surface area (Å²) in [6.45, 7) is 3.00. The van der Waals surface area contributed by atoms with Gasteiger partial charge in [0.2, 0.25) is 0 Å². The minimum absolute atomic E-state index is 0.509. The highest BCUT2D eigenvalue weighted by atomic mass is 32.1. The fourth-order valence-corrected chi connectivity index (χ4v) is 5.12. The van der Waals surface area contributed by atoms with Crippen LogP contribution in [0.4, 0.5) is 10.7 Å². The van der Waals surface area contributed by atoms with Gasteiger partial charge in [0.25, 0.3) is 0 Å². The molecule has 1 aromatic heterocycles. The van der Waals surface area contributed by atoms with Crippen molar-refractivity contribution in [3.05, 3.63) is 82.2 Å². The summed E-state index contributed by atoms with van der Waals surface area (Å²) in [6.07, 6.45) is 0.928. The van der Waals surface area contributed by atoms with Crippen molar-refractivity contribution in [1.29, 1.82) is 5.26 Å². The van der Waals surface area contributed by atoms with Crippen LogP contribution in [0.2, 0.25) is 0 Å². The molecule has 3 N–H and O–H groups in total. The molecule has 0 aliphatic carbocycles. The van der Waals surface area contributed by atoms with Gasteiger partial charge in [0, 0.05) is 17.7 Å². The van der Waals surface area contributed by atoms with Crippen LogP contribution in [-0.2, 0) is 19.5 Å². The molecule has 140 valence electrons. The lowest BCUT2D eigenvalue weighted by molar-refractivity contribution is -0.929. The van der Waals surface area contributed by atoms with Crippen LogP contribution in [0.15, 0.2) is 60.7 Å². The molecule has 0 spiro atoms. The van der Waals surface area contributed by atoms with Crippen molar-refractivity contribution in [1.82, 2.24) is 0 Å². The van der Waals surface area contributed by atoms with E-state index >= 15 is 0 Å². The molecule has 0 amide bonds. The van der Waals surface area contributed by atoms with Gasteiger partial charge in [-0.1, -0.05) is 48.5 Å². The quantitative estimate of drug-likeness (QED) is 0.581. The molecule has 28 heavy (non-hydrogen) atoms. The van der Waals surface area contributed by atoms with Crippen LogP contribution in [0.25, 0.3) is 0 Å². The number of rotatable bonds is 4. The highest BCUT2D eigenvalue weighted by Crippen LogP contribution is 2.34. The summed E-state index contributed by atoms with van der Waals surface area (Å²) in [5.74, 6) is 0. The summed E-state index contributed by atoms with van der Waals surface area (Å²) < 4.78 is 0. The average molecular weight is 406 g/mol. The maximum atomic E-state index is 9.71. The number of hydrogen-bond donors (Lipinski definition) is 3. The van der Waals surface area contributed by atoms with E-state index < -0.39 is 0 Å². The van der Waals surface area contributed by atoms with Gasteiger partial charge in [-0.2, -0.15) is 5.26 Å². The third-order valence-corrected chi connectivity index (χ3v) is 6.25. The van der Waals surface area contributed by atoms with Crippen LogP contribution >= 0.6 is 23.6 Å². The highest BCUT2D eigenvalue weighted by Gasteiger charge is 2.27. The second kappa shape index (κ2) is 8.53. The van der Waals surface area contributed by atoms with E-state index in [9.17, 15) is 5.26 Å². The molecule has 2 aromatic carbocycles. The van der Waals surface area contributed by atoms with Crippen LogP contribution in [0.3, 0.4) is 0 Å². The molecule has 1 unspecified atom stereocenters. The van der Waals surface area contributed by atoms with Gasteiger partial charge in [-0.25, -0.2) is 0 Å². The summed E-state index contributed by atoms with van der Waals surface area (Å²) in [5, 5.41) is 17.5. The van der Waals surface area contributed by atoms with E-state index in [4.69, 9.17) is 12.2 Å². The van der Waals surface area contributed by atoms with E-state index in [2.05, 4.69) is 47.0 Å². The number of nitrogens with zero attached hydrogens (tertiary/aromatic N) is 1. The lowest BCUT2D eigenvalue weighted by atomic mass is 10.0. The summed E-state index contributed by atoms with van der Waals surface area (Å²) in [4.78, 5) is 2.82. The monoisotopic (exact) mass is 405 g/mol. The van der Waals surface area contributed by atoms with Gasteiger partial charge in [0.1, 0.15) is 24.2 Å². The second-order valence-electron chi connectivity index (χ2n) is 6.85. The third-order valence-electron chi connectivity index (χ3n) is 4.90. The first-order valence-electron chi connectivity index (χ1n) is 9.28. The molecule has 0 fully saturated rings. The van der Waals surface area contributed by atoms with Crippen molar-refractivity contribution in [3.63, 3.8) is 0 Å². The van der Waals surface area contributed by atoms with Crippen LogP contribution in [0.1, 0.15) is 21.6 Å². The molecule has 2 heterocycles. The number of thiophene rings is 1. The molecule has 6 heteroatoms. The van der Waals surface area contributed by atoms with Crippen LogP contribution in [-0.4, -0.2) is 11.7 Å². The van der Waals surface area contributed by atoms with Gasteiger partial charge in [-0.3, -0.25) is 0 Å². The van der Waals surface area contributed by atoms with Gasteiger partial charge in [-0.15, -0.1) is 11.3 Å².